The molecular weight excluding hydrogens is 389 g/mol. The van der Waals surface area contributed by atoms with Crippen LogP contribution in [0.3, 0.4) is 0 Å². The molecule has 1 aromatic carbocycles. The standard InChI is InChI=1S/C19H17F3N4O3/c1-28-16-5-3-15(4-6-16)26-9-8-14(25-26)11-24-18(27)13-2-7-17(23-10-13)29-12-19(20,21)22/h2-10H,11-12H2,1H3,(H,24,27). The number of aromatic nitrogens is 3. The van der Waals surface area contributed by atoms with E-state index >= 15 is 0 Å². The van der Waals surface area contributed by atoms with Crippen molar-refractivity contribution in [1.82, 2.24) is 20.1 Å². The van der Waals surface area contributed by atoms with E-state index in [0.717, 1.165) is 17.6 Å². The molecule has 0 saturated heterocycles. The zero-order valence-corrected chi connectivity index (χ0v) is 15.3. The van der Waals surface area contributed by atoms with Crippen molar-refractivity contribution in [2.45, 2.75) is 12.7 Å². The fraction of sp³-hybridized carbons (Fsp3) is 0.211. The third-order valence-corrected chi connectivity index (χ3v) is 3.79. The zero-order chi connectivity index (χ0) is 20.9. The third kappa shape index (κ3) is 5.71. The third-order valence-electron chi connectivity index (χ3n) is 3.79. The molecule has 152 valence electrons. The van der Waals surface area contributed by atoms with E-state index in [-0.39, 0.29) is 18.0 Å². The SMILES string of the molecule is COc1ccc(-n2ccc(CNC(=O)c3ccc(OCC(F)(F)F)nc3)n2)cc1. The molecule has 0 aliphatic carbocycles. The lowest BCUT2D eigenvalue weighted by molar-refractivity contribution is -0.154. The van der Waals surface area contributed by atoms with E-state index in [0.29, 0.717) is 5.69 Å². The van der Waals surface area contributed by atoms with E-state index in [1.165, 1.54) is 12.1 Å². The molecule has 1 amide bonds. The molecule has 0 atom stereocenters. The van der Waals surface area contributed by atoms with Crippen molar-refractivity contribution in [2.24, 2.45) is 0 Å². The first-order valence-electron chi connectivity index (χ1n) is 8.47. The maximum Gasteiger partial charge on any atom is 0.422 e. The monoisotopic (exact) mass is 406 g/mol. The highest BCUT2D eigenvalue weighted by Gasteiger charge is 2.28. The first-order chi connectivity index (χ1) is 13.8. The van der Waals surface area contributed by atoms with E-state index in [1.54, 1.807) is 24.1 Å². The van der Waals surface area contributed by atoms with Gasteiger partial charge in [0.2, 0.25) is 5.88 Å². The number of benzene rings is 1. The van der Waals surface area contributed by atoms with Crippen molar-refractivity contribution < 1.29 is 27.4 Å². The average molecular weight is 406 g/mol. The highest BCUT2D eigenvalue weighted by Crippen LogP contribution is 2.17. The summed E-state index contributed by atoms with van der Waals surface area (Å²) >= 11 is 0. The maximum atomic E-state index is 12.2. The highest BCUT2D eigenvalue weighted by atomic mass is 19.4. The number of pyridine rings is 1. The van der Waals surface area contributed by atoms with Gasteiger partial charge in [-0.2, -0.15) is 18.3 Å². The second-order valence-corrected chi connectivity index (χ2v) is 5.92. The lowest BCUT2D eigenvalue weighted by Crippen LogP contribution is -2.23. The number of hydrogen-bond acceptors (Lipinski definition) is 5. The summed E-state index contributed by atoms with van der Waals surface area (Å²) in [7, 11) is 1.59. The Kier molecular flexibility index (Phi) is 6.01. The summed E-state index contributed by atoms with van der Waals surface area (Å²) in [6.45, 7) is -1.27. The van der Waals surface area contributed by atoms with Crippen LogP contribution in [0.2, 0.25) is 0 Å². The molecule has 3 aromatic rings. The van der Waals surface area contributed by atoms with Crippen LogP contribution in [-0.2, 0) is 6.54 Å². The van der Waals surface area contributed by atoms with Crippen LogP contribution in [-0.4, -0.2) is 40.6 Å². The summed E-state index contributed by atoms with van der Waals surface area (Å²) in [5, 5.41) is 7.06. The van der Waals surface area contributed by atoms with Gasteiger partial charge in [-0.1, -0.05) is 0 Å². The number of alkyl halides is 3. The lowest BCUT2D eigenvalue weighted by atomic mass is 10.2. The predicted octanol–water partition coefficient (Wildman–Crippen LogP) is 3.15. The van der Waals surface area contributed by atoms with Gasteiger partial charge in [0, 0.05) is 18.5 Å². The smallest absolute Gasteiger partial charge is 0.422 e. The number of carbonyl (C=O) groups excluding carboxylic acids is 1. The van der Waals surface area contributed by atoms with Gasteiger partial charge in [-0.3, -0.25) is 4.79 Å². The Morgan fingerprint density at radius 3 is 2.52 bits per heavy atom. The topological polar surface area (TPSA) is 78.3 Å². The van der Waals surface area contributed by atoms with Gasteiger partial charge < -0.3 is 14.8 Å². The van der Waals surface area contributed by atoms with Crippen molar-refractivity contribution in [2.75, 3.05) is 13.7 Å². The molecule has 0 unspecified atom stereocenters. The molecule has 0 bridgehead atoms. The van der Waals surface area contributed by atoms with E-state index in [2.05, 4.69) is 20.1 Å². The van der Waals surface area contributed by atoms with Crippen LogP contribution in [0.5, 0.6) is 11.6 Å². The molecule has 0 aliphatic rings. The summed E-state index contributed by atoms with van der Waals surface area (Å²) in [6.07, 6.45) is -1.54. The van der Waals surface area contributed by atoms with Crippen LogP contribution in [0.1, 0.15) is 16.1 Å². The van der Waals surface area contributed by atoms with E-state index in [4.69, 9.17) is 4.74 Å². The summed E-state index contributed by atoms with van der Waals surface area (Å²) in [5.74, 6) is 0.0906. The van der Waals surface area contributed by atoms with Crippen molar-refractivity contribution in [3.8, 4) is 17.3 Å². The number of nitrogens with one attached hydrogen (secondary N) is 1. The Morgan fingerprint density at radius 1 is 1.14 bits per heavy atom. The second kappa shape index (κ2) is 8.63. The molecule has 10 heteroatoms. The first-order valence-corrected chi connectivity index (χ1v) is 8.47. The van der Waals surface area contributed by atoms with Crippen LogP contribution in [0.15, 0.2) is 54.9 Å². The molecule has 0 fully saturated rings. The number of amides is 1. The van der Waals surface area contributed by atoms with Crippen LogP contribution in [0, 0.1) is 0 Å². The molecule has 2 heterocycles. The molecular formula is C19H17F3N4O3. The minimum atomic E-state index is -4.45. The Hall–Kier alpha value is -3.56. The number of carbonyl (C=O) groups is 1. The van der Waals surface area contributed by atoms with Crippen molar-refractivity contribution in [1.29, 1.82) is 0 Å². The van der Waals surface area contributed by atoms with E-state index in [1.807, 2.05) is 24.3 Å². The van der Waals surface area contributed by atoms with Gasteiger partial charge in [0.25, 0.3) is 5.91 Å². The number of ether oxygens (including phenoxy) is 2. The van der Waals surface area contributed by atoms with Gasteiger partial charge in [-0.05, 0) is 36.4 Å². The molecule has 0 saturated carbocycles. The van der Waals surface area contributed by atoms with Crippen LogP contribution in [0.25, 0.3) is 5.69 Å². The van der Waals surface area contributed by atoms with Gasteiger partial charge in [-0.15, -0.1) is 0 Å². The summed E-state index contributed by atoms with van der Waals surface area (Å²) < 4.78 is 47.7. The van der Waals surface area contributed by atoms with Crippen molar-refractivity contribution in [3.05, 3.63) is 66.1 Å². The molecule has 7 nitrogen and oxygen atoms in total. The molecule has 29 heavy (non-hydrogen) atoms. The number of methoxy groups -OCH3 is 1. The molecule has 3 rings (SSSR count). The van der Waals surface area contributed by atoms with E-state index < -0.39 is 18.7 Å². The Morgan fingerprint density at radius 2 is 1.90 bits per heavy atom. The van der Waals surface area contributed by atoms with Gasteiger partial charge in [-0.25, -0.2) is 9.67 Å². The normalized spacial score (nSPS) is 11.2. The summed E-state index contributed by atoms with van der Waals surface area (Å²) in [6, 6.07) is 11.6. The van der Waals surface area contributed by atoms with E-state index in [9.17, 15) is 18.0 Å². The molecule has 0 aliphatic heterocycles. The largest absolute Gasteiger partial charge is 0.497 e. The second-order valence-electron chi connectivity index (χ2n) is 5.92. The molecule has 1 N–H and O–H groups in total. The summed E-state index contributed by atoms with van der Waals surface area (Å²) in [5.41, 5.74) is 1.66. The predicted molar refractivity (Wildman–Crippen MR) is 97.1 cm³/mol. The average Bonchev–Trinajstić information content (AvgIpc) is 3.19. The Balaban J connectivity index is 1.54. The number of rotatable bonds is 7. The molecule has 0 radical (unpaired) electrons. The summed E-state index contributed by atoms with van der Waals surface area (Å²) in [4.78, 5) is 15.9. The van der Waals surface area contributed by atoms with Gasteiger partial charge in [0.1, 0.15) is 5.75 Å². The van der Waals surface area contributed by atoms with Crippen molar-refractivity contribution in [3.63, 3.8) is 0 Å². The number of halogens is 3. The van der Waals surface area contributed by atoms with Crippen LogP contribution < -0.4 is 14.8 Å². The number of hydrogen-bond donors (Lipinski definition) is 1. The maximum absolute atomic E-state index is 12.2. The van der Waals surface area contributed by atoms with Gasteiger partial charge in [0.05, 0.1) is 30.6 Å². The Labute approximate surface area is 164 Å². The minimum Gasteiger partial charge on any atom is -0.497 e. The Bertz CT molecular complexity index is 954. The van der Waals surface area contributed by atoms with Crippen LogP contribution in [0.4, 0.5) is 13.2 Å². The zero-order valence-electron chi connectivity index (χ0n) is 15.3. The fourth-order valence-corrected chi connectivity index (χ4v) is 2.36. The van der Waals surface area contributed by atoms with Gasteiger partial charge in [0.15, 0.2) is 6.61 Å². The molecule has 0 spiro atoms. The van der Waals surface area contributed by atoms with Crippen molar-refractivity contribution >= 4 is 5.91 Å². The number of nitrogens with zero attached hydrogens (tertiary/aromatic N) is 3. The fourth-order valence-electron chi connectivity index (χ4n) is 2.36. The van der Waals surface area contributed by atoms with Crippen LogP contribution >= 0.6 is 0 Å². The van der Waals surface area contributed by atoms with Gasteiger partial charge >= 0.3 is 6.18 Å². The molecule has 2 aromatic heterocycles. The lowest BCUT2D eigenvalue weighted by Gasteiger charge is -2.08. The quantitative estimate of drug-likeness (QED) is 0.652. The highest BCUT2D eigenvalue weighted by molar-refractivity contribution is 5.93. The minimum absolute atomic E-state index is 0.175. The first kappa shape index (κ1) is 20.2.